The molecule has 1 amide bonds. The molecule has 2 aromatic carbocycles. The Morgan fingerprint density at radius 3 is 2.37 bits per heavy atom. The Bertz CT molecular complexity index is 951. The summed E-state index contributed by atoms with van der Waals surface area (Å²) in [5.74, 6) is 0.488. The van der Waals surface area contributed by atoms with Gasteiger partial charge in [-0.1, -0.05) is 32.9 Å². The zero-order valence-corrected chi connectivity index (χ0v) is 16.5. The van der Waals surface area contributed by atoms with Gasteiger partial charge in [-0.15, -0.1) is 0 Å². The number of hydrogen-bond donors (Lipinski definition) is 1. The number of anilines is 1. The average molecular weight is 362 g/mol. The number of aryl methyl sites for hydroxylation is 1. The third-order valence-corrected chi connectivity index (χ3v) is 4.67. The number of methoxy groups -OCH3 is 1. The first-order valence-corrected chi connectivity index (χ1v) is 9.03. The third-order valence-electron chi connectivity index (χ3n) is 4.67. The number of benzene rings is 2. The molecule has 140 valence electrons. The first kappa shape index (κ1) is 18.8. The molecular weight excluding hydrogens is 336 g/mol. The second kappa shape index (κ2) is 7.31. The molecule has 0 aliphatic rings. The van der Waals surface area contributed by atoms with Crippen LogP contribution in [0.15, 0.2) is 60.9 Å². The highest BCUT2D eigenvalue weighted by atomic mass is 16.5. The van der Waals surface area contributed by atoms with E-state index in [0.29, 0.717) is 17.0 Å². The van der Waals surface area contributed by atoms with Crippen LogP contribution < -0.4 is 10.1 Å². The maximum atomic E-state index is 12.9. The van der Waals surface area contributed by atoms with Gasteiger partial charge in [0.15, 0.2) is 0 Å². The molecule has 1 heterocycles. The summed E-state index contributed by atoms with van der Waals surface area (Å²) < 4.78 is 7.44. The summed E-state index contributed by atoms with van der Waals surface area (Å²) in [6.07, 6.45) is 3.94. The molecule has 27 heavy (non-hydrogen) atoms. The van der Waals surface area contributed by atoms with Gasteiger partial charge in [0.2, 0.25) is 0 Å². The fourth-order valence-electron chi connectivity index (χ4n) is 2.99. The van der Waals surface area contributed by atoms with E-state index in [1.807, 2.05) is 72.4 Å². The first-order valence-electron chi connectivity index (χ1n) is 9.03. The summed E-state index contributed by atoms with van der Waals surface area (Å²) in [7, 11) is 1.61. The standard InChI is InChI=1S/C23H26N2O2/c1-16-8-9-17(14-20(16)25-12-6-7-13-25)22(26)24-19-15-18(23(2,3)4)10-11-21(19)27-5/h6-15H,1-5H3,(H,24,26). The number of nitrogens with one attached hydrogen (secondary N) is 1. The molecule has 0 unspecified atom stereocenters. The van der Waals surface area contributed by atoms with Gasteiger partial charge >= 0.3 is 0 Å². The summed E-state index contributed by atoms with van der Waals surface area (Å²) in [5.41, 5.74) is 4.50. The topological polar surface area (TPSA) is 43.3 Å². The fraction of sp³-hybridized carbons (Fsp3) is 0.261. The average Bonchev–Trinajstić information content (AvgIpc) is 3.15. The number of carbonyl (C=O) groups excluding carboxylic acids is 1. The van der Waals surface area contributed by atoms with Gasteiger partial charge in [0.05, 0.1) is 12.8 Å². The van der Waals surface area contributed by atoms with Gasteiger partial charge in [0.25, 0.3) is 5.91 Å². The number of nitrogens with zero attached hydrogens (tertiary/aromatic N) is 1. The predicted octanol–water partition coefficient (Wildman–Crippen LogP) is 5.34. The monoisotopic (exact) mass is 362 g/mol. The Labute approximate surface area is 160 Å². The third kappa shape index (κ3) is 4.05. The molecule has 0 aliphatic carbocycles. The maximum Gasteiger partial charge on any atom is 0.255 e. The maximum absolute atomic E-state index is 12.9. The van der Waals surface area contributed by atoms with Crippen molar-refractivity contribution in [2.75, 3.05) is 12.4 Å². The SMILES string of the molecule is COc1ccc(C(C)(C)C)cc1NC(=O)c1ccc(C)c(-n2cccc2)c1. The smallest absolute Gasteiger partial charge is 0.255 e. The normalized spacial score (nSPS) is 11.3. The number of rotatable bonds is 4. The van der Waals surface area contributed by atoms with E-state index >= 15 is 0 Å². The Kier molecular flexibility index (Phi) is 5.08. The summed E-state index contributed by atoms with van der Waals surface area (Å²) in [6.45, 7) is 8.46. The molecule has 0 bridgehead atoms. The van der Waals surface area contributed by atoms with Crippen LogP contribution in [0, 0.1) is 6.92 Å². The van der Waals surface area contributed by atoms with E-state index in [1.54, 1.807) is 7.11 Å². The lowest BCUT2D eigenvalue weighted by Gasteiger charge is -2.21. The molecule has 0 spiro atoms. The van der Waals surface area contributed by atoms with Crippen molar-refractivity contribution in [3.63, 3.8) is 0 Å². The van der Waals surface area contributed by atoms with Crippen LogP contribution in [-0.4, -0.2) is 17.6 Å². The van der Waals surface area contributed by atoms with Crippen LogP contribution >= 0.6 is 0 Å². The molecule has 0 saturated heterocycles. The van der Waals surface area contributed by atoms with Crippen molar-refractivity contribution in [2.24, 2.45) is 0 Å². The van der Waals surface area contributed by atoms with E-state index in [0.717, 1.165) is 16.8 Å². The van der Waals surface area contributed by atoms with Gasteiger partial charge in [-0.05, 0) is 59.9 Å². The van der Waals surface area contributed by atoms with Crippen LogP contribution in [0.25, 0.3) is 5.69 Å². The minimum absolute atomic E-state index is 0.0167. The molecule has 0 aliphatic heterocycles. The van der Waals surface area contributed by atoms with Crippen molar-refractivity contribution in [3.05, 3.63) is 77.6 Å². The van der Waals surface area contributed by atoms with Gasteiger partial charge in [0, 0.05) is 23.6 Å². The summed E-state index contributed by atoms with van der Waals surface area (Å²) >= 11 is 0. The van der Waals surface area contributed by atoms with Crippen molar-refractivity contribution in [1.82, 2.24) is 4.57 Å². The molecule has 1 N–H and O–H groups in total. The molecular formula is C23H26N2O2. The number of ether oxygens (including phenoxy) is 1. The largest absolute Gasteiger partial charge is 0.495 e. The predicted molar refractivity (Wildman–Crippen MR) is 110 cm³/mol. The molecule has 0 radical (unpaired) electrons. The van der Waals surface area contributed by atoms with Gasteiger partial charge in [-0.3, -0.25) is 4.79 Å². The summed E-state index contributed by atoms with van der Waals surface area (Å²) in [5, 5.41) is 3.01. The van der Waals surface area contributed by atoms with Crippen molar-refractivity contribution in [3.8, 4) is 11.4 Å². The highest BCUT2D eigenvalue weighted by Crippen LogP contribution is 2.32. The zero-order chi connectivity index (χ0) is 19.6. The fourth-order valence-corrected chi connectivity index (χ4v) is 2.99. The van der Waals surface area contributed by atoms with Crippen LogP contribution in [0.1, 0.15) is 42.3 Å². The molecule has 4 heteroatoms. The lowest BCUT2D eigenvalue weighted by atomic mass is 9.87. The molecule has 4 nitrogen and oxygen atoms in total. The molecule has 0 saturated carbocycles. The highest BCUT2D eigenvalue weighted by Gasteiger charge is 2.18. The lowest BCUT2D eigenvalue weighted by Crippen LogP contribution is -2.16. The molecule has 3 rings (SSSR count). The Morgan fingerprint density at radius 1 is 1.04 bits per heavy atom. The molecule has 0 atom stereocenters. The van der Waals surface area contributed by atoms with E-state index in [9.17, 15) is 4.79 Å². The van der Waals surface area contributed by atoms with E-state index < -0.39 is 0 Å². The summed E-state index contributed by atoms with van der Waals surface area (Å²) in [6, 6.07) is 15.6. The Hall–Kier alpha value is -3.01. The Morgan fingerprint density at radius 2 is 1.74 bits per heavy atom. The van der Waals surface area contributed by atoms with Gasteiger partial charge in [0.1, 0.15) is 5.75 Å². The molecule has 1 aromatic heterocycles. The summed E-state index contributed by atoms with van der Waals surface area (Å²) in [4.78, 5) is 12.9. The van der Waals surface area contributed by atoms with Gasteiger partial charge < -0.3 is 14.6 Å². The van der Waals surface area contributed by atoms with Crippen LogP contribution in [-0.2, 0) is 5.41 Å². The van der Waals surface area contributed by atoms with Gasteiger partial charge in [-0.25, -0.2) is 0 Å². The quantitative estimate of drug-likeness (QED) is 0.680. The molecule has 3 aromatic rings. The first-order chi connectivity index (χ1) is 12.8. The minimum Gasteiger partial charge on any atom is -0.495 e. The van der Waals surface area contributed by atoms with E-state index in [2.05, 4.69) is 26.1 Å². The van der Waals surface area contributed by atoms with Crippen LogP contribution in [0.5, 0.6) is 5.75 Å². The van der Waals surface area contributed by atoms with E-state index in [4.69, 9.17) is 4.74 Å². The van der Waals surface area contributed by atoms with Crippen molar-refractivity contribution in [2.45, 2.75) is 33.1 Å². The second-order valence-electron chi connectivity index (χ2n) is 7.71. The second-order valence-corrected chi connectivity index (χ2v) is 7.71. The number of carbonyl (C=O) groups is 1. The zero-order valence-electron chi connectivity index (χ0n) is 16.5. The minimum atomic E-state index is -0.159. The van der Waals surface area contributed by atoms with Crippen LogP contribution in [0.4, 0.5) is 5.69 Å². The lowest BCUT2D eigenvalue weighted by molar-refractivity contribution is 0.102. The van der Waals surface area contributed by atoms with E-state index in [1.165, 1.54) is 0 Å². The van der Waals surface area contributed by atoms with Crippen molar-refractivity contribution in [1.29, 1.82) is 0 Å². The van der Waals surface area contributed by atoms with E-state index in [-0.39, 0.29) is 11.3 Å². The number of hydrogen-bond acceptors (Lipinski definition) is 2. The van der Waals surface area contributed by atoms with Crippen LogP contribution in [0.3, 0.4) is 0 Å². The van der Waals surface area contributed by atoms with Crippen LogP contribution in [0.2, 0.25) is 0 Å². The number of amides is 1. The number of aromatic nitrogens is 1. The van der Waals surface area contributed by atoms with Gasteiger partial charge in [-0.2, -0.15) is 0 Å². The Balaban J connectivity index is 1.93. The van der Waals surface area contributed by atoms with Crippen molar-refractivity contribution >= 4 is 11.6 Å². The van der Waals surface area contributed by atoms with Crippen molar-refractivity contribution < 1.29 is 9.53 Å². The molecule has 0 fully saturated rings. The highest BCUT2D eigenvalue weighted by molar-refractivity contribution is 6.05.